The van der Waals surface area contributed by atoms with Crippen molar-refractivity contribution in [2.45, 2.75) is 5.92 Å². The number of hydrogen-bond acceptors (Lipinski definition) is 5. The topological polar surface area (TPSA) is 101 Å². The molecule has 0 saturated heterocycles. The maximum Gasteiger partial charge on any atom is 0.191 e. The number of benzene rings is 1. The van der Waals surface area contributed by atoms with Crippen LogP contribution in [0.5, 0.6) is 0 Å². The molecule has 2 atom stereocenters. The van der Waals surface area contributed by atoms with E-state index < -0.39 is 11.3 Å². The lowest BCUT2D eigenvalue weighted by molar-refractivity contribution is 0.237. The predicted octanol–water partition coefficient (Wildman–Crippen LogP) is 2.80. The number of halogens is 1. The van der Waals surface area contributed by atoms with E-state index in [1.165, 1.54) is 0 Å². The molecular formula is C19H16BrN5. The normalized spacial score (nSPS) is 25.2. The van der Waals surface area contributed by atoms with Crippen LogP contribution in [-0.2, 0) is 0 Å². The van der Waals surface area contributed by atoms with Crippen molar-refractivity contribution in [3.63, 3.8) is 0 Å². The van der Waals surface area contributed by atoms with Gasteiger partial charge in [-0.25, -0.2) is 0 Å². The number of fused-ring (bicyclic) bond motifs is 1. The Hall–Kier alpha value is -2.59. The largest absolute Gasteiger partial charge is 0.399 e. The van der Waals surface area contributed by atoms with Crippen LogP contribution in [-0.4, -0.2) is 25.0 Å². The number of rotatable bonds is 1. The molecule has 1 aromatic rings. The van der Waals surface area contributed by atoms with Crippen LogP contribution >= 0.6 is 15.9 Å². The van der Waals surface area contributed by atoms with E-state index in [1.54, 1.807) is 0 Å². The summed E-state index contributed by atoms with van der Waals surface area (Å²) in [6.07, 6.45) is 1.99. The van der Waals surface area contributed by atoms with Crippen LogP contribution in [0.3, 0.4) is 0 Å². The summed E-state index contributed by atoms with van der Waals surface area (Å²) in [6.45, 7) is 1.37. The van der Waals surface area contributed by atoms with E-state index in [9.17, 15) is 15.8 Å². The molecule has 1 aliphatic carbocycles. The SMILES string of the molecule is CN1CC=C2C(C#N)=C(N)C(C#N)(C#N)C(c3ccc(Br)cc3)[C@H]2C1. The van der Waals surface area contributed by atoms with Crippen molar-refractivity contribution in [3.8, 4) is 18.2 Å². The second kappa shape index (κ2) is 6.37. The average molecular weight is 394 g/mol. The van der Waals surface area contributed by atoms with Gasteiger partial charge in [-0.05, 0) is 30.3 Å². The summed E-state index contributed by atoms with van der Waals surface area (Å²) in [5, 5.41) is 29.5. The van der Waals surface area contributed by atoms with Crippen molar-refractivity contribution in [1.29, 1.82) is 15.8 Å². The Labute approximate surface area is 155 Å². The van der Waals surface area contributed by atoms with E-state index in [0.29, 0.717) is 13.1 Å². The molecule has 25 heavy (non-hydrogen) atoms. The summed E-state index contributed by atoms with van der Waals surface area (Å²) in [5.41, 5.74) is 6.76. The third kappa shape index (κ3) is 2.53. The van der Waals surface area contributed by atoms with E-state index in [-0.39, 0.29) is 17.2 Å². The molecule has 0 aromatic heterocycles. The summed E-state index contributed by atoms with van der Waals surface area (Å²) in [5.74, 6) is -0.567. The standard InChI is InChI=1S/C19H16BrN5/c1-25-7-6-14-15(8-21)18(24)19(10-22,11-23)17(16(14)9-25)12-2-4-13(20)5-3-12/h2-6,16-17H,7,9,24H2,1H3/t16-,17?/m0/s1. The lowest BCUT2D eigenvalue weighted by Crippen LogP contribution is -2.47. The van der Waals surface area contributed by atoms with Gasteiger partial charge in [-0.1, -0.05) is 34.1 Å². The first-order valence-electron chi connectivity index (χ1n) is 7.85. The number of allylic oxidation sites excluding steroid dienone is 2. The fraction of sp³-hybridized carbons (Fsp3) is 0.316. The van der Waals surface area contributed by atoms with Gasteiger partial charge in [-0.3, -0.25) is 0 Å². The first-order chi connectivity index (χ1) is 12.0. The van der Waals surface area contributed by atoms with E-state index in [2.05, 4.69) is 39.0 Å². The van der Waals surface area contributed by atoms with Gasteiger partial charge in [0, 0.05) is 29.4 Å². The molecule has 0 radical (unpaired) electrons. The van der Waals surface area contributed by atoms with Crippen LogP contribution in [0, 0.1) is 45.3 Å². The minimum Gasteiger partial charge on any atom is -0.399 e. The molecule has 1 unspecified atom stereocenters. The molecule has 0 saturated carbocycles. The van der Waals surface area contributed by atoms with Crippen molar-refractivity contribution in [2.75, 3.05) is 20.1 Å². The molecule has 0 bridgehead atoms. The van der Waals surface area contributed by atoms with E-state index >= 15 is 0 Å². The van der Waals surface area contributed by atoms with Crippen LogP contribution in [0.2, 0.25) is 0 Å². The molecule has 1 aliphatic heterocycles. The molecule has 0 spiro atoms. The highest BCUT2D eigenvalue weighted by molar-refractivity contribution is 9.10. The van der Waals surface area contributed by atoms with Gasteiger partial charge in [0.15, 0.2) is 5.41 Å². The average Bonchev–Trinajstić information content (AvgIpc) is 2.62. The molecule has 0 fully saturated rings. The number of nitrogens with two attached hydrogens (primary N) is 1. The second-order valence-electron chi connectivity index (χ2n) is 6.45. The zero-order valence-electron chi connectivity index (χ0n) is 13.7. The predicted molar refractivity (Wildman–Crippen MR) is 96.4 cm³/mol. The smallest absolute Gasteiger partial charge is 0.191 e. The Morgan fingerprint density at radius 1 is 1.20 bits per heavy atom. The third-order valence-corrected chi connectivity index (χ3v) is 5.60. The van der Waals surface area contributed by atoms with Crippen LogP contribution in [0.25, 0.3) is 0 Å². The van der Waals surface area contributed by atoms with Crippen molar-refractivity contribution < 1.29 is 0 Å². The fourth-order valence-electron chi connectivity index (χ4n) is 3.87. The van der Waals surface area contributed by atoms with Gasteiger partial charge < -0.3 is 10.6 Å². The summed E-state index contributed by atoms with van der Waals surface area (Å²) in [7, 11) is 1.99. The molecule has 0 amide bonds. The second-order valence-corrected chi connectivity index (χ2v) is 7.36. The van der Waals surface area contributed by atoms with Gasteiger partial charge in [0.25, 0.3) is 0 Å². The monoisotopic (exact) mass is 393 g/mol. The highest BCUT2D eigenvalue weighted by Gasteiger charge is 2.54. The molecule has 2 aliphatic rings. The van der Waals surface area contributed by atoms with Crippen molar-refractivity contribution >= 4 is 15.9 Å². The summed E-state index contributed by atoms with van der Waals surface area (Å²) in [4.78, 5) is 2.12. The van der Waals surface area contributed by atoms with Crippen molar-refractivity contribution in [3.05, 3.63) is 57.2 Å². The van der Waals surface area contributed by atoms with Crippen LogP contribution in [0.1, 0.15) is 11.5 Å². The van der Waals surface area contributed by atoms with E-state index in [4.69, 9.17) is 5.73 Å². The molecule has 1 aromatic carbocycles. The van der Waals surface area contributed by atoms with Gasteiger partial charge in [-0.15, -0.1) is 0 Å². The molecule has 1 heterocycles. The zero-order chi connectivity index (χ0) is 18.2. The molecule has 124 valence electrons. The van der Waals surface area contributed by atoms with E-state index in [0.717, 1.165) is 15.6 Å². The lowest BCUT2D eigenvalue weighted by atomic mass is 9.58. The third-order valence-electron chi connectivity index (χ3n) is 5.08. The Morgan fingerprint density at radius 3 is 2.40 bits per heavy atom. The van der Waals surface area contributed by atoms with Gasteiger partial charge in [0.05, 0.1) is 23.4 Å². The maximum absolute atomic E-state index is 9.93. The minimum atomic E-state index is -1.56. The molecule has 6 heteroatoms. The Balaban J connectivity index is 2.32. The van der Waals surface area contributed by atoms with Gasteiger partial charge in [0.1, 0.15) is 6.07 Å². The Morgan fingerprint density at radius 2 is 1.84 bits per heavy atom. The van der Waals surface area contributed by atoms with Crippen LogP contribution in [0.15, 0.2) is 51.7 Å². The zero-order valence-corrected chi connectivity index (χ0v) is 15.3. The minimum absolute atomic E-state index is 0.0694. The molecular weight excluding hydrogens is 378 g/mol. The number of hydrogen-bond donors (Lipinski definition) is 1. The summed E-state index contributed by atoms with van der Waals surface area (Å²) >= 11 is 3.42. The quantitative estimate of drug-likeness (QED) is 0.790. The van der Waals surface area contributed by atoms with Gasteiger partial charge >= 0.3 is 0 Å². The maximum atomic E-state index is 9.93. The summed E-state index contributed by atoms with van der Waals surface area (Å²) in [6, 6.07) is 14.0. The number of nitriles is 3. The van der Waals surface area contributed by atoms with Crippen molar-refractivity contribution in [1.82, 2.24) is 4.90 Å². The molecule has 5 nitrogen and oxygen atoms in total. The molecule has 2 N–H and O–H groups in total. The van der Waals surface area contributed by atoms with Crippen LogP contribution in [0.4, 0.5) is 0 Å². The first-order valence-corrected chi connectivity index (χ1v) is 8.65. The van der Waals surface area contributed by atoms with Gasteiger partial charge in [-0.2, -0.15) is 15.8 Å². The highest BCUT2D eigenvalue weighted by atomic mass is 79.9. The number of nitrogens with zero attached hydrogens (tertiary/aromatic N) is 4. The number of likely N-dealkylation sites (N-methyl/N-ethyl adjacent to an activating group) is 1. The fourth-order valence-corrected chi connectivity index (χ4v) is 4.13. The van der Waals surface area contributed by atoms with Crippen molar-refractivity contribution in [2.24, 2.45) is 17.1 Å². The Kier molecular flexibility index (Phi) is 4.39. The van der Waals surface area contributed by atoms with Crippen LogP contribution < -0.4 is 5.73 Å². The first kappa shape index (κ1) is 17.2. The van der Waals surface area contributed by atoms with Gasteiger partial charge in [0.2, 0.25) is 0 Å². The highest BCUT2D eigenvalue weighted by Crippen LogP contribution is 2.54. The molecule has 3 rings (SSSR count). The lowest BCUT2D eigenvalue weighted by Gasteiger charge is -2.45. The summed E-state index contributed by atoms with van der Waals surface area (Å²) < 4.78 is 0.921. The Bertz CT molecular complexity index is 878. The van der Waals surface area contributed by atoms with E-state index in [1.807, 2.05) is 37.4 Å².